The average Bonchev–Trinajstić information content (AvgIpc) is 2.53. The molecule has 5 heteroatoms. The van der Waals surface area contributed by atoms with Crippen molar-refractivity contribution >= 4 is 5.91 Å². The van der Waals surface area contributed by atoms with Crippen LogP contribution in [0.15, 0.2) is 24.3 Å². The van der Waals surface area contributed by atoms with Crippen molar-refractivity contribution in [3.63, 3.8) is 0 Å². The highest BCUT2D eigenvalue weighted by molar-refractivity contribution is 5.81. The molecule has 1 atom stereocenters. The fraction of sp³-hybridized carbons (Fsp3) is 0.562. The average molecular weight is 292 g/mol. The molecule has 1 aliphatic rings. The summed E-state index contributed by atoms with van der Waals surface area (Å²) < 4.78 is 11.0. The first-order valence-corrected chi connectivity index (χ1v) is 7.42. The number of benzene rings is 1. The molecule has 0 aromatic heterocycles. The van der Waals surface area contributed by atoms with Crippen molar-refractivity contribution in [2.24, 2.45) is 0 Å². The topological polar surface area (TPSA) is 42.0 Å². The largest absolute Gasteiger partial charge is 0.497 e. The lowest BCUT2D eigenvalue weighted by Crippen LogP contribution is -2.51. The van der Waals surface area contributed by atoms with Crippen molar-refractivity contribution in [1.82, 2.24) is 9.80 Å². The SMILES string of the molecule is CCC(Oc1cccc(OC)c1)C(=O)N1CCN(C)CC1. The Hall–Kier alpha value is -1.75. The molecular formula is C16H24N2O3. The lowest BCUT2D eigenvalue weighted by atomic mass is 10.2. The van der Waals surface area contributed by atoms with Crippen LogP contribution in [0.4, 0.5) is 0 Å². The fourth-order valence-corrected chi connectivity index (χ4v) is 2.38. The summed E-state index contributed by atoms with van der Waals surface area (Å²) in [4.78, 5) is 16.7. The van der Waals surface area contributed by atoms with Gasteiger partial charge >= 0.3 is 0 Å². The van der Waals surface area contributed by atoms with Gasteiger partial charge in [-0.2, -0.15) is 0 Å². The molecule has 0 radical (unpaired) electrons. The summed E-state index contributed by atoms with van der Waals surface area (Å²) in [5, 5.41) is 0. The van der Waals surface area contributed by atoms with E-state index >= 15 is 0 Å². The van der Waals surface area contributed by atoms with Gasteiger partial charge in [0.15, 0.2) is 6.10 Å². The predicted molar refractivity (Wildman–Crippen MR) is 81.8 cm³/mol. The Morgan fingerprint density at radius 1 is 1.24 bits per heavy atom. The van der Waals surface area contributed by atoms with Gasteiger partial charge in [0.1, 0.15) is 11.5 Å². The van der Waals surface area contributed by atoms with Gasteiger partial charge in [-0.15, -0.1) is 0 Å². The molecule has 1 saturated heterocycles. The van der Waals surface area contributed by atoms with Gasteiger partial charge in [0.05, 0.1) is 7.11 Å². The molecule has 1 fully saturated rings. The van der Waals surface area contributed by atoms with Crippen LogP contribution in [0.25, 0.3) is 0 Å². The van der Waals surface area contributed by atoms with Crippen LogP contribution in [-0.4, -0.2) is 62.1 Å². The van der Waals surface area contributed by atoms with Crippen LogP contribution < -0.4 is 9.47 Å². The van der Waals surface area contributed by atoms with Crippen LogP contribution in [0, 0.1) is 0 Å². The first kappa shape index (κ1) is 15.6. The summed E-state index contributed by atoms with van der Waals surface area (Å²) in [6.45, 7) is 5.35. The smallest absolute Gasteiger partial charge is 0.263 e. The first-order chi connectivity index (χ1) is 10.1. The quantitative estimate of drug-likeness (QED) is 0.827. The molecule has 1 amide bonds. The number of hydrogen-bond acceptors (Lipinski definition) is 4. The Morgan fingerprint density at radius 3 is 2.52 bits per heavy atom. The van der Waals surface area contributed by atoms with Gasteiger partial charge < -0.3 is 19.3 Å². The molecule has 0 saturated carbocycles. The number of hydrogen-bond donors (Lipinski definition) is 0. The number of nitrogens with zero attached hydrogens (tertiary/aromatic N) is 2. The van der Waals surface area contributed by atoms with Gasteiger partial charge in [-0.1, -0.05) is 13.0 Å². The van der Waals surface area contributed by atoms with Crippen molar-refractivity contribution in [3.05, 3.63) is 24.3 Å². The van der Waals surface area contributed by atoms with Gasteiger partial charge in [-0.05, 0) is 25.6 Å². The molecule has 1 aromatic carbocycles. The molecule has 2 rings (SSSR count). The molecule has 21 heavy (non-hydrogen) atoms. The molecular weight excluding hydrogens is 268 g/mol. The highest BCUT2D eigenvalue weighted by atomic mass is 16.5. The summed E-state index contributed by atoms with van der Waals surface area (Å²) in [5.74, 6) is 1.48. The van der Waals surface area contributed by atoms with Gasteiger partial charge in [-0.25, -0.2) is 0 Å². The number of methoxy groups -OCH3 is 1. The van der Waals surface area contributed by atoms with Crippen molar-refractivity contribution < 1.29 is 14.3 Å². The maximum absolute atomic E-state index is 12.5. The molecule has 1 aromatic rings. The highest BCUT2D eigenvalue weighted by Gasteiger charge is 2.26. The number of likely N-dealkylation sites (N-methyl/N-ethyl adjacent to an activating group) is 1. The first-order valence-electron chi connectivity index (χ1n) is 7.42. The van der Waals surface area contributed by atoms with Crippen molar-refractivity contribution in [2.75, 3.05) is 40.3 Å². The minimum absolute atomic E-state index is 0.0772. The van der Waals surface area contributed by atoms with E-state index in [-0.39, 0.29) is 5.91 Å². The molecule has 0 aliphatic carbocycles. The van der Waals surface area contributed by atoms with Crippen LogP contribution in [0.3, 0.4) is 0 Å². The number of ether oxygens (including phenoxy) is 2. The summed E-state index contributed by atoms with van der Waals surface area (Å²) in [6.07, 6.45) is 0.225. The number of carbonyl (C=O) groups is 1. The van der Waals surface area contributed by atoms with Gasteiger partial charge in [0, 0.05) is 32.2 Å². The van der Waals surface area contributed by atoms with E-state index in [1.807, 2.05) is 30.0 Å². The standard InChI is InChI=1S/C16H24N2O3/c1-4-15(16(19)18-10-8-17(2)9-11-18)21-14-7-5-6-13(12-14)20-3/h5-7,12,15H,4,8-11H2,1-3H3. The Bertz CT molecular complexity index is 470. The summed E-state index contributed by atoms with van der Waals surface area (Å²) in [7, 11) is 3.69. The molecule has 0 spiro atoms. The second-order valence-corrected chi connectivity index (χ2v) is 5.32. The predicted octanol–water partition coefficient (Wildman–Crippen LogP) is 1.63. The van der Waals surface area contributed by atoms with E-state index in [2.05, 4.69) is 11.9 Å². The summed E-state index contributed by atoms with van der Waals surface area (Å²) in [6, 6.07) is 7.37. The van der Waals surface area contributed by atoms with Crippen LogP contribution in [-0.2, 0) is 4.79 Å². The number of carbonyl (C=O) groups excluding carboxylic acids is 1. The van der Waals surface area contributed by atoms with Crippen LogP contribution in [0.5, 0.6) is 11.5 Å². The molecule has 5 nitrogen and oxygen atoms in total. The molecule has 116 valence electrons. The Morgan fingerprint density at radius 2 is 1.90 bits per heavy atom. The fourth-order valence-electron chi connectivity index (χ4n) is 2.38. The van der Waals surface area contributed by atoms with E-state index in [0.29, 0.717) is 12.2 Å². The van der Waals surface area contributed by atoms with E-state index in [1.165, 1.54) is 0 Å². The molecule has 1 unspecified atom stereocenters. The lowest BCUT2D eigenvalue weighted by Gasteiger charge is -2.34. The van der Waals surface area contributed by atoms with E-state index in [9.17, 15) is 4.79 Å². The van der Waals surface area contributed by atoms with Crippen molar-refractivity contribution in [3.8, 4) is 11.5 Å². The second kappa shape index (κ2) is 7.31. The number of piperazine rings is 1. The van der Waals surface area contributed by atoms with Gasteiger partial charge in [0.2, 0.25) is 0 Å². The van der Waals surface area contributed by atoms with Crippen LogP contribution in [0.1, 0.15) is 13.3 Å². The monoisotopic (exact) mass is 292 g/mol. The zero-order chi connectivity index (χ0) is 15.2. The van der Waals surface area contributed by atoms with Crippen LogP contribution >= 0.6 is 0 Å². The Labute approximate surface area is 126 Å². The van der Waals surface area contributed by atoms with Crippen LogP contribution in [0.2, 0.25) is 0 Å². The molecule has 0 N–H and O–H groups in total. The number of rotatable bonds is 5. The molecule has 1 heterocycles. The van der Waals surface area contributed by atoms with Crippen molar-refractivity contribution in [1.29, 1.82) is 0 Å². The van der Waals surface area contributed by atoms with E-state index in [4.69, 9.17) is 9.47 Å². The maximum atomic E-state index is 12.5. The minimum atomic E-state index is -0.430. The summed E-state index contributed by atoms with van der Waals surface area (Å²) >= 11 is 0. The highest BCUT2D eigenvalue weighted by Crippen LogP contribution is 2.21. The Balaban J connectivity index is 2.00. The maximum Gasteiger partial charge on any atom is 0.263 e. The molecule has 0 bridgehead atoms. The molecule has 1 aliphatic heterocycles. The Kier molecular flexibility index (Phi) is 5.44. The second-order valence-electron chi connectivity index (χ2n) is 5.32. The third-order valence-electron chi connectivity index (χ3n) is 3.78. The van der Waals surface area contributed by atoms with Crippen molar-refractivity contribution in [2.45, 2.75) is 19.4 Å². The minimum Gasteiger partial charge on any atom is -0.497 e. The normalized spacial score (nSPS) is 17.4. The van der Waals surface area contributed by atoms with Gasteiger partial charge in [0.25, 0.3) is 5.91 Å². The summed E-state index contributed by atoms with van der Waals surface area (Å²) in [5.41, 5.74) is 0. The van der Waals surface area contributed by atoms with E-state index < -0.39 is 6.10 Å². The van der Waals surface area contributed by atoms with E-state index in [1.54, 1.807) is 13.2 Å². The number of amides is 1. The zero-order valence-corrected chi connectivity index (χ0v) is 13.0. The van der Waals surface area contributed by atoms with Gasteiger partial charge in [-0.3, -0.25) is 4.79 Å². The third-order valence-corrected chi connectivity index (χ3v) is 3.78. The van der Waals surface area contributed by atoms with E-state index in [0.717, 1.165) is 31.9 Å². The third kappa shape index (κ3) is 4.11. The lowest BCUT2D eigenvalue weighted by molar-refractivity contribution is -0.140. The zero-order valence-electron chi connectivity index (χ0n) is 13.0.